The normalized spacial score (nSPS) is 19.4. The van der Waals surface area contributed by atoms with E-state index in [0.29, 0.717) is 17.9 Å². The smallest absolute Gasteiger partial charge is 0.226 e. The van der Waals surface area contributed by atoms with Crippen LogP contribution in [0.3, 0.4) is 0 Å². The number of hydrogen-bond donors (Lipinski definition) is 1. The van der Waals surface area contributed by atoms with E-state index in [4.69, 9.17) is 0 Å². The molecule has 1 saturated heterocycles. The Morgan fingerprint density at radius 3 is 2.44 bits per heavy atom. The predicted molar refractivity (Wildman–Crippen MR) is 97.1 cm³/mol. The molecule has 2 fully saturated rings. The topological polar surface area (TPSA) is 58.1 Å². The molecule has 0 bridgehead atoms. The number of nitrogens with one attached hydrogen (secondary N) is 1. The van der Waals surface area contributed by atoms with Crippen molar-refractivity contribution in [3.05, 3.63) is 54.4 Å². The fourth-order valence-corrected chi connectivity index (χ4v) is 4.16. The maximum Gasteiger partial charge on any atom is 0.226 e. The molecule has 130 valence electrons. The number of carbonyl (C=O) groups is 1. The Kier molecular flexibility index (Phi) is 4.38. The summed E-state index contributed by atoms with van der Waals surface area (Å²) in [5.74, 6) is 0.977. The van der Waals surface area contributed by atoms with Gasteiger partial charge in [-0.15, -0.1) is 0 Å². The number of amides is 1. The number of hydrogen-bond acceptors (Lipinski definition) is 4. The highest BCUT2D eigenvalue weighted by atomic mass is 16.2. The molecule has 4 rings (SSSR count). The molecule has 25 heavy (non-hydrogen) atoms. The van der Waals surface area contributed by atoms with Gasteiger partial charge in [0.05, 0.1) is 6.42 Å². The second kappa shape index (κ2) is 6.82. The third-order valence-corrected chi connectivity index (χ3v) is 5.63. The molecular formula is C20H24N4O. The lowest BCUT2D eigenvalue weighted by Crippen LogP contribution is -2.52. The number of likely N-dealkylation sites (tertiary alicyclic amines) is 1. The quantitative estimate of drug-likeness (QED) is 0.933. The first-order valence-corrected chi connectivity index (χ1v) is 9.08. The van der Waals surface area contributed by atoms with Gasteiger partial charge in [-0.2, -0.15) is 0 Å². The van der Waals surface area contributed by atoms with E-state index in [0.717, 1.165) is 50.3 Å². The Morgan fingerprint density at radius 2 is 1.76 bits per heavy atom. The van der Waals surface area contributed by atoms with Gasteiger partial charge in [-0.05, 0) is 42.7 Å². The van der Waals surface area contributed by atoms with Crippen molar-refractivity contribution in [2.24, 2.45) is 5.41 Å². The van der Waals surface area contributed by atoms with Gasteiger partial charge in [0, 0.05) is 31.5 Å². The number of piperidine rings is 1. The molecule has 5 heteroatoms. The van der Waals surface area contributed by atoms with Crippen LogP contribution >= 0.6 is 0 Å². The third-order valence-electron chi connectivity index (χ3n) is 5.63. The highest BCUT2D eigenvalue weighted by molar-refractivity contribution is 5.78. The summed E-state index contributed by atoms with van der Waals surface area (Å²) >= 11 is 0. The lowest BCUT2D eigenvalue weighted by atomic mass is 9.60. The zero-order valence-electron chi connectivity index (χ0n) is 14.4. The van der Waals surface area contributed by atoms with E-state index in [1.807, 2.05) is 41.3 Å². The number of anilines is 1. The molecule has 1 aliphatic heterocycles. The van der Waals surface area contributed by atoms with E-state index in [-0.39, 0.29) is 5.91 Å². The number of nitrogens with zero attached hydrogens (tertiary/aromatic N) is 3. The van der Waals surface area contributed by atoms with Crippen LogP contribution in [0.4, 0.5) is 5.95 Å². The van der Waals surface area contributed by atoms with Crippen molar-refractivity contribution >= 4 is 11.9 Å². The first-order valence-electron chi connectivity index (χ1n) is 9.08. The summed E-state index contributed by atoms with van der Waals surface area (Å²) in [5.41, 5.74) is 1.51. The summed E-state index contributed by atoms with van der Waals surface area (Å²) in [7, 11) is 0. The van der Waals surface area contributed by atoms with Crippen molar-refractivity contribution in [1.82, 2.24) is 14.9 Å². The molecular weight excluding hydrogens is 312 g/mol. The largest absolute Gasteiger partial charge is 0.351 e. The Morgan fingerprint density at radius 1 is 1.08 bits per heavy atom. The van der Waals surface area contributed by atoms with Gasteiger partial charge in [0.15, 0.2) is 0 Å². The van der Waals surface area contributed by atoms with Crippen LogP contribution in [0.5, 0.6) is 0 Å². The fraction of sp³-hybridized carbons (Fsp3) is 0.450. The first-order chi connectivity index (χ1) is 12.2. The number of aromatic nitrogens is 2. The van der Waals surface area contributed by atoms with Crippen LogP contribution in [0, 0.1) is 5.41 Å². The van der Waals surface area contributed by atoms with Crippen molar-refractivity contribution < 1.29 is 4.79 Å². The van der Waals surface area contributed by atoms with E-state index >= 15 is 0 Å². The van der Waals surface area contributed by atoms with Crippen molar-refractivity contribution in [2.75, 3.05) is 18.4 Å². The van der Waals surface area contributed by atoms with E-state index in [9.17, 15) is 4.79 Å². The van der Waals surface area contributed by atoms with Gasteiger partial charge in [0.25, 0.3) is 0 Å². The minimum atomic E-state index is 0.257. The molecule has 0 unspecified atom stereocenters. The molecule has 5 nitrogen and oxygen atoms in total. The van der Waals surface area contributed by atoms with Gasteiger partial charge in [0.1, 0.15) is 0 Å². The molecule has 0 radical (unpaired) electrons. The molecule has 1 aliphatic carbocycles. The molecule has 1 spiro atoms. The lowest BCUT2D eigenvalue weighted by molar-refractivity contribution is -0.133. The van der Waals surface area contributed by atoms with E-state index < -0.39 is 0 Å². The summed E-state index contributed by atoms with van der Waals surface area (Å²) < 4.78 is 0. The maximum absolute atomic E-state index is 12.5. The van der Waals surface area contributed by atoms with Crippen LogP contribution < -0.4 is 5.32 Å². The minimum absolute atomic E-state index is 0.257. The maximum atomic E-state index is 12.5. The van der Waals surface area contributed by atoms with Gasteiger partial charge in [0.2, 0.25) is 11.9 Å². The van der Waals surface area contributed by atoms with Gasteiger partial charge in [-0.3, -0.25) is 4.79 Å². The van der Waals surface area contributed by atoms with Crippen LogP contribution in [0.2, 0.25) is 0 Å². The number of benzene rings is 1. The Hall–Kier alpha value is -2.43. The molecule has 1 saturated carbocycles. The molecule has 1 amide bonds. The molecule has 0 atom stereocenters. The molecule has 2 aromatic rings. The second-order valence-corrected chi connectivity index (χ2v) is 7.37. The highest BCUT2D eigenvalue weighted by Gasteiger charge is 2.46. The van der Waals surface area contributed by atoms with Crippen LogP contribution in [0.25, 0.3) is 0 Å². The standard InChI is InChI=1S/C20H24N4O/c25-18(13-16-5-2-1-3-6-16)24-11-7-20(8-12-24)14-17(15-20)23-19-21-9-4-10-22-19/h1-6,9-10,17H,7-8,11-15H2,(H,21,22,23). The van der Waals surface area contributed by atoms with E-state index in [1.54, 1.807) is 12.4 Å². The van der Waals surface area contributed by atoms with Crippen molar-refractivity contribution in [3.8, 4) is 0 Å². The van der Waals surface area contributed by atoms with Crippen LogP contribution in [0.15, 0.2) is 48.8 Å². The number of rotatable bonds is 4. The van der Waals surface area contributed by atoms with Crippen LogP contribution in [0.1, 0.15) is 31.2 Å². The molecule has 2 heterocycles. The van der Waals surface area contributed by atoms with E-state index in [1.165, 1.54) is 0 Å². The van der Waals surface area contributed by atoms with E-state index in [2.05, 4.69) is 15.3 Å². The zero-order valence-corrected chi connectivity index (χ0v) is 14.4. The highest BCUT2D eigenvalue weighted by Crippen LogP contribution is 2.49. The average Bonchev–Trinajstić information content (AvgIpc) is 2.63. The van der Waals surface area contributed by atoms with Crippen molar-refractivity contribution in [1.29, 1.82) is 0 Å². The number of carbonyl (C=O) groups excluding carboxylic acids is 1. The van der Waals surface area contributed by atoms with Gasteiger partial charge in [-0.1, -0.05) is 30.3 Å². The third kappa shape index (κ3) is 3.65. The zero-order chi connectivity index (χ0) is 17.1. The van der Waals surface area contributed by atoms with Gasteiger partial charge in [-0.25, -0.2) is 9.97 Å². The van der Waals surface area contributed by atoms with Gasteiger partial charge < -0.3 is 10.2 Å². The SMILES string of the molecule is O=C(Cc1ccccc1)N1CCC2(CC1)CC(Nc1ncccn1)C2. The molecule has 1 N–H and O–H groups in total. The minimum Gasteiger partial charge on any atom is -0.351 e. The Balaban J connectivity index is 1.24. The van der Waals surface area contributed by atoms with Crippen LogP contribution in [-0.2, 0) is 11.2 Å². The summed E-state index contributed by atoms with van der Waals surface area (Å²) in [6.45, 7) is 1.78. The fourth-order valence-electron chi connectivity index (χ4n) is 4.16. The average molecular weight is 336 g/mol. The summed E-state index contributed by atoms with van der Waals surface area (Å²) in [6, 6.07) is 12.3. The van der Waals surface area contributed by atoms with Crippen LogP contribution in [-0.4, -0.2) is 39.9 Å². The van der Waals surface area contributed by atoms with Crippen molar-refractivity contribution in [2.45, 2.75) is 38.1 Å². The Bertz CT molecular complexity index is 703. The van der Waals surface area contributed by atoms with Crippen molar-refractivity contribution in [3.63, 3.8) is 0 Å². The molecule has 1 aromatic carbocycles. The second-order valence-electron chi connectivity index (χ2n) is 7.37. The van der Waals surface area contributed by atoms with Gasteiger partial charge >= 0.3 is 0 Å². The monoisotopic (exact) mass is 336 g/mol. The molecule has 1 aromatic heterocycles. The molecule has 2 aliphatic rings. The predicted octanol–water partition coefficient (Wildman–Crippen LogP) is 2.90. The summed E-state index contributed by atoms with van der Waals surface area (Å²) in [5, 5.41) is 3.41. The Labute approximate surface area is 148 Å². The lowest BCUT2D eigenvalue weighted by Gasteiger charge is -2.52. The first kappa shape index (κ1) is 16.1. The summed E-state index contributed by atoms with van der Waals surface area (Å²) in [4.78, 5) is 23.0. The summed E-state index contributed by atoms with van der Waals surface area (Å²) in [6.07, 6.45) is 8.59.